The number of likely N-dealkylation sites (N-methyl/N-ethyl adjacent to an activating group) is 1. The lowest BCUT2D eigenvalue weighted by Crippen LogP contribution is -2.34. The summed E-state index contributed by atoms with van der Waals surface area (Å²) >= 11 is 0. The Labute approximate surface area is 198 Å². The first kappa shape index (κ1) is 22.8. The van der Waals surface area contributed by atoms with E-state index in [1.165, 1.54) is 11.8 Å². The molecular weight excluding hydrogens is 428 g/mol. The van der Waals surface area contributed by atoms with Crippen molar-refractivity contribution >= 4 is 46.0 Å². The number of carbonyl (C=O) groups excluding carboxylic acids is 3. The fourth-order valence-corrected chi connectivity index (χ4v) is 3.94. The molecule has 3 amide bonds. The van der Waals surface area contributed by atoms with Crippen LogP contribution in [0.1, 0.15) is 12.5 Å². The number of hydrogen-bond acceptors (Lipinski definition) is 5. The van der Waals surface area contributed by atoms with E-state index in [0.29, 0.717) is 28.2 Å². The quantitative estimate of drug-likeness (QED) is 0.567. The van der Waals surface area contributed by atoms with E-state index < -0.39 is 11.8 Å². The lowest BCUT2D eigenvalue weighted by atomic mass is 10.0. The minimum atomic E-state index is -0.397. The fourth-order valence-electron chi connectivity index (χ4n) is 3.94. The van der Waals surface area contributed by atoms with E-state index >= 15 is 0 Å². The van der Waals surface area contributed by atoms with Gasteiger partial charge in [0.2, 0.25) is 5.91 Å². The monoisotopic (exact) mass is 454 g/mol. The second kappa shape index (κ2) is 9.23. The summed E-state index contributed by atoms with van der Waals surface area (Å²) in [6, 6.07) is 23.7. The zero-order valence-electron chi connectivity index (χ0n) is 19.6. The Morgan fingerprint density at radius 1 is 0.794 bits per heavy atom. The van der Waals surface area contributed by atoms with Gasteiger partial charge in [0.1, 0.15) is 5.70 Å². The van der Waals surface area contributed by atoms with E-state index in [4.69, 9.17) is 0 Å². The molecule has 0 aliphatic carbocycles. The van der Waals surface area contributed by atoms with Crippen LogP contribution in [0.4, 0.5) is 22.7 Å². The van der Waals surface area contributed by atoms with Gasteiger partial charge in [-0.15, -0.1) is 0 Å². The maximum absolute atomic E-state index is 13.7. The molecule has 0 unspecified atom stereocenters. The summed E-state index contributed by atoms with van der Waals surface area (Å²) in [7, 11) is 5.59. The summed E-state index contributed by atoms with van der Waals surface area (Å²) in [5.41, 5.74) is 3.97. The van der Waals surface area contributed by atoms with E-state index in [0.717, 1.165) is 11.4 Å². The average Bonchev–Trinajstić information content (AvgIpc) is 3.09. The Morgan fingerprint density at radius 3 is 2.06 bits per heavy atom. The Morgan fingerprint density at radius 2 is 1.44 bits per heavy atom. The summed E-state index contributed by atoms with van der Waals surface area (Å²) in [6.45, 7) is 1.43. The molecule has 34 heavy (non-hydrogen) atoms. The zero-order chi connectivity index (χ0) is 24.4. The minimum absolute atomic E-state index is 0.185. The summed E-state index contributed by atoms with van der Waals surface area (Å²) in [5, 5.41) is 2.72. The van der Waals surface area contributed by atoms with Gasteiger partial charge in [0.05, 0.1) is 11.3 Å². The molecule has 0 aromatic heterocycles. The van der Waals surface area contributed by atoms with E-state index in [-0.39, 0.29) is 5.91 Å². The van der Waals surface area contributed by atoms with Gasteiger partial charge < -0.3 is 15.1 Å². The highest BCUT2D eigenvalue weighted by molar-refractivity contribution is 6.46. The van der Waals surface area contributed by atoms with Crippen LogP contribution in [0.2, 0.25) is 0 Å². The van der Waals surface area contributed by atoms with Gasteiger partial charge in [0, 0.05) is 45.1 Å². The van der Waals surface area contributed by atoms with Crippen molar-refractivity contribution in [3.05, 3.63) is 90.1 Å². The molecule has 0 atom stereocenters. The van der Waals surface area contributed by atoms with Crippen LogP contribution in [0.3, 0.4) is 0 Å². The molecule has 0 saturated heterocycles. The summed E-state index contributed by atoms with van der Waals surface area (Å²) in [6.07, 6.45) is 0. The number of amides is 3. The Kier molecular flexibility index (Phi) is 6.19. The van der Waals surface area contributed by atoms with Gasteiger partial charge >= 0.3 is 0 Å². The molecule has 1 aliphatic rings. The summed E-state index contributed by atoms with van der Waals surface area (Å²) in [4.78, 5) is 43.8. The Balaban J connectivity index is 1.83. The standard InChI is InChI=1S/C27H26N4O3/c1-18(32)28-20-15-13-19(14-16-20)24-25(30(4)21-9-6-5-7-10-21)27(34)31(26(24)33)23-12-8-11-22(17-23)29(2)3/h5-17H,1-4H3,(H,28,32). The number of carbonyl (C=O) groups is 3. The van der Waals surface area contributed by atoms with Crippen molar-refractivity contribution in [3.63, 3.8) is 0 Å². The summed E-state index contributed by atoms with van der Waals surface area (Å²) in [5.74, 6) is -0.977. The first-order valence-electron chi connectivity index (χ1n) is 10.8. The van der Waals surface area contributed by atoms with E-state index in [9.17, 15) is 14.4 Å². The van der Waals surface area contributed by atoms with Gasteiger partial charge in [0.25, 0.3) is 11.8 Å². The Hall–Kier alpha value is -4.39. The molecule has 0 bridgehead atoms. The second-order valence-corrected chi connectivity index (χ2v) is 8.24. The molecule has 7 heteroatoms. The molecule has 1 N–H and O–H groups in total. The van der Waals surface area contributed by atoms with Crippen molar-refractivity contribution in [2.24, 2.45) is 0 Å². The predicted octanol–water partition coefficient (Wildman–Crippen LogP) is 4.13. The predicted molar refractivity (Wildman–Crippen MR) is 136 cm³/mol. The molecular formula is C27H26N4O3. The van der Waals surface area contributed by atoms with Crippen molar-refractivity contribution < 1.29 is 14.4 Å². The lowest BCUT2D eigenvalue weighted by Gasteiger charge is -2.22. The molecule has 1 aliphatic heterocycles. The largest absolute Gasteiger partial charge is 0.378 e. The first-order chi connectivity index (χ1) is 16.3. The van der Waals surface area contributed by atoms with Crippen LogP contribution in [0.15, 0.2) is 84.6 Å². The van der Waals surface area contributed by atoms with Crippen LogP contribution < -0.4 is 20.0 Å². The van der Waals surface area contributed by atoms with Crippen molar-refractivity contribution in [2.75, 3.05) is 41.2 Å². The smallest absolute Gasteiger partial charge is 0.282 e. The third-order valence-corrected chi connectivity index (χ3v) is 5.64. The Bertz CT molecular complexity index is 1280. The average molecular weight is 455 g/mol. The van der Waals surface area contributed by atoms with Gasteiger partial charge in [-0.2, -0.15) is 0 Å². The van der Waals surface area contributed by atoms with Gasteiger partial charge in [-0.25, -0.2) is 4.90 Å². The summed E-state index contributed by atoms with van der Waals surface area (Å²) < 4.78 is 0. The topological polar surface area (TPSA) is 73.0 Å². The van der Waals surface area contributed by atoms with E-state index in [1.807, 2.05) is 67.5 Å². The molecule has 4 rings (SSSR count). The zero-order valence-corrected chi connectivity index (χ0v) is 19.6. The van der Waals surface area contributed by atoms with Crippen LogP contribution in [0.5, 0.6) is 0 Å². The first-order valence-corrected chi connectivity index (χ1v) is 10.8. The molecule has 0 fully saturated rings. The maximum atomic E-state index is 13.7. The highest BCUT2D eigenvalue weighted by Gasteiger charge is 2.42. The van der Waals surface area contributed by atoms with Gasteiger partial charge in [-0.1, -0.05) is 36.4 Å². The van der Waals surface area contributed by atoms with Crippen LogP contribution in [-0.4, -0.2) is 38.9 Å². The molecule has 0 radical (unpaired) electrons. The number of rotatable bonds is 6. The van der Waals surface area contributed by atoms with Gasteiger partial charge in [0.15, 0.2) is 0 Å². The van der Waals surface area contributed by atoms with Crippen LogP contribution in [-0.2, 0) is 14.4 Å². The van der Waals surface area contributed by atoms with Crippen molar-refractivity contribution in [1.82, 2.24) is 0 Å². The minimum Gasteiger partial charge on any atom is -0.378 e. The van der Waals surface area contributed by atoms with E-state index in [2.05, 4.69) is 5.32 Å². The highest BCUT2D eigenvalue weighted by atomic mass is 16.2. The number of hydrogen-bond donors (Lipinski definition) is 1. The number of para-hydroxylation sites is 1. The van der Waals surface area contributed by atoms with Crippen LogP contribution >= 0.6 is 0 Å². The molecule has 172 valence electrons. The number of anilines is 4. The molecule has 0 saturated carbocycles. The molecule has 1 heterocycles. The van der Waals surface area contributed by atoms with Crippen LogP contribution in [0, 0.1) is 0 Å². The number of nitrogens with one attached hydrogen (secondary N) is 1. The number of imide groups is 1. The fraction of sp³-hybridized carbons (Fsp3) is 0.148. The normalized spacial score (nSPS) is 13.4. The van der Waals surface area contributed by atoms with Crippen molar-refractivity contribution in [3.8, 4) is 0 Å². The molecule has 3 aromatic carbocycles. The molecule has 0 spiro atoms. The van der Waals surface area contributed by atoms with E-state index in [1.54, 1.807) is 42.3 Å². The molecule has 3 aromatic rings. The van der Waals surface area contributed by atoms with Gasteiger partial charge in [-0.05, 0) is 48.0 Å². The number of benzene rings is 3. The second-order valence-electron chi connectivity index (χ2n) is 8.24. The van der Waals surface area contributed by atoms with Gasteiger partial charge in [-0.3, -0.25) is 14.4 Å². The SMILES string of the molecule is CC(=O)Nc1ccc(C2=C(N(C)c3ccccc3)C(=O)N(c3cccc(N(C)C)c3)C2=O)cc1. The number of nitrogens with zero attached hydrogens (tertiary/aromatic N) is 3. The lowest BCUT2D eigenvalue weighted by molar-refractivity contribution is -0.120. The van der Waals surface area contributed by atoms with Crippen LogP contribution in [0.25, 0.3) is 5.57 Å². The third kappa shape index (κ3) is 4.28. The molecule has 7 nitrogen and oxygen atoms in total. The highest BCUT2D eigenvalue weighted by Crippen LogP contribution is 2.37. The maximum Gasteiger partial charge on any atom is 0.282 e. The van der Waals surface area contributed by atoms with Crippen molar-refractivity contribution in [1.29, 1.82) is 0 Å². The van der Waals surface area contributed by atoms with Crippen molar-refractivity contribution in [2.45, 2.75) is 6.92 Å². The third-order valence-electron chi connectivity index (χ3n) is 5.64.